The lowest BCUT2D eigenvalue weighted by Gasteiger charge is -2.22. The van der Waals surface area contributed by atoms with Crippen LogP contribution in [0.3, 0.4) is 0 Å². The molecule has 7 heteroatoms. The summed E-state index contributed by atoms with van der Waals surface area (Å²) in [6.07, 6.45) is 0.0672. The van der Waals surface area contributed by atoms with Gasteiger partial charge in [0, 0.05) is 30.2 Å². The number of nitrogens with one attached hydrogen (secondary N) is 2. The van der Waals surface area contributed by atoms with Gasteiger partial charge in [-0.1, -0.05) is 12.1 Å². The Morgan fingerprint density at radius 2 is 2.07 bits per heavy atom. The second kappa shape index (κ2) is 7.19. The van der Waals surface area contributed by atoms with E-state index in [4.69, 9.17) is 14.9 Å². The van der Waals surface area contributed by atoms with E-state index < -0.39 is 5.97 Å². The first-order chi connectivity index (χ1) is 13.5. The van der Waals surface area contributed by atoms with Crippen LogP contribution in [0.4, 0.5) is 5.69 Å². The van der Waals surface area contributed by atoms with Crippen molar-refractivity contribution in [1.29, 1.82) is 5.41 Å². The minimum atomic E-state index is -0.826. The lowest BCUT2D eigenvalue weighted by atomic mass is 10.1. The van der Waals surface area contributed by atoms with Crippen LogP contribution in [0.1, 0.15) is 13.3 Å². The molecule has 0 radical (unpaired) electrons. The largest absolute Gasteiger partial charge is 0.481 e. The van der Waals surface area contributed by atoms with Crippen molar-refractivity contribution in [3.63, 3.8) is 0 Å². The van der Waals surface area contributed by atoms with Gasteiger partial charge in [0.1, 0.15) is 11.4 Å². The van der Waals surface area contributed by atoms with Gasteiger partial charge >= 0.3 is 5.97 Å². The Bertz CT molecular complexity index is 1190. The van der Waals surface area contributed by atoms with Crippen LogP contribution in [0.2, 0.25) is 0 Å². The number of fused-ring (bicyclic) bond motifs is 2. The standard InChI is InChI=1S/C21H20N4O3/c1-2-25(10-9-19(26)27)14-8-7-13-11-15(20(22)28-18(13)12-14)21-23-16-5-3-4-6-17(16)24-21/h3-8,11-12,22H,2,9-10H2,1H3,(H,23,24)(H,26,27). The fourth-order valence-corrected chi connectivity index (χ4v) is 3.27. The van der Waals surface area contributed by atoms with Gasteiger partial charge in [0.15, 0.2) is 0 Å². The minimum absolute atomic E-state index is 0.0253. The SMILES string of the molecule is CCN(CCC(=O)O)c1ccc2cc(-c3nc4ccccc4[nH]3)c(=N)oc2c1. The number of nitrogens with zero attached hydrogens (tertiary/aromatic N) is 2. The Labute approximate surface area is 160 Å². The highest BCUT2D eigenvalue weighted by atomic mass is 16.4. The zero-order chi connectivity index (χ0) is 19.7. The van der Waals surface area contributed by atoms with Crippen molar-refractivity contribution in [2.24, 2.45) is 0 Å². The molecule has 3 N–H and O–H groups in total. The van der Waals surface area contributed by atoms with E-state index in [0.717, 1.165) is 22.1 Å². The number of carboxylic acid groups (broad SMARTS) is 1. The molecular formula is C21H20N4O3. The van der Waals surface area contributed by atoms with Crippen molar-refractivity contribution in [2.45, 2.75) is 13.3 Å². The highest BCUT2D eigenvalue weighted by Gasteiger charge is 2.12. The second-order valence-electron chi connectivity index (χ2n) is 6.54. The lowest BCUT2D eigenvalue weighted by molar-refractivity contribution is -0.136. The van der Waals surface area contributed by atoms with E-state index >= 15 is 0 Å². The number of imidazole rings is 1. The van der Waals surface area contributed by atoms with E-state index in [0.29, 0.717) is 30.1 Å². The van der Waals surface area contributed by atoms with Crippen molar-refractivity contribution >= 4 is 33.7 Å². The zero-order valence-electron chi connectivity index (χ0n) is 15.4. The minimum Gasteiger partial charge on any atom is -0.481 e. The monoisotopic (exact) mass is 376 g/mol. The first-order valence-corrected chi connectivity index (χ1v) is 9.09. The maximum atomic E-state index is 10.9. The Morgan fingerprint density at radius 3 is 2.82 bits per heavy atom. The smallest absolute Gasteiger partial charge is 0.305 e. The molecule has 0 atom stereocenters. The van der Waals surface area contributed by atoms with Gasteiger partial charge in [-0.15, -0.1) is 0 Å². The Balaban J connectivity index is 1.73. The van der Waals surface area contributed by atoms with Crippen molar-refractivity contribution < 1.29 is 14.3 Å². The molecule has 0 saturated carbocycles. The van der Waals surface area contributed by atoms with E-state index in [1.165, 1.54) is 0 Å². The van der Waals surface area contributed by atoms with E-state index in [1.807, 2.05) is 60.4 Å². The zero-order valence-corrected chi connectivity index (χ0v) is 15.4. The van der Waals surface area contributed by atoms with Gasteiger partial charge in [-0.3, -0.25) is 10.2 Å². The van der Waals surface area contributed by atoms with Crippen molar-refractivity contribution in [1.82, 2.24) is 9.97 Å². The Kier molecular flexibility index (Phi) is 4.57. The maximum absolute atomic E-state index is 10.9. The predicted octanol–water partition coefficient (Wildman–Crippen LogP) is 3.76. The van der Waals surface area contributed by atoms with Crippen molar-refractivity contribution in [3.05, 3.63) is 54.1 Å². The van der Waals surface area contributed by atoms with Crippen LogP contribution in [-0.4, -0.2) is 34.1 Å². The lowest BCUT2D eigenvalue weighted by Crippen LogP contribution is -2.25. The summed E-state index contributed by atoms with van der Waals surface area (Å²) in [7, 11) is 0. The van der Waals surface area contributed by atoms with Crippen LogP contribution in [0.25, 0.3) is 33.4 Å². The third-order valence-corrected chi connectivity index (χ3v) is 4.74. The van der Waals surface area contributed by atoms with Crippen LogP contribution in [0, 0.1) is 5.41 Å². The van der Waals surface area contributed by atoms with E-state index in [-0.39, 0.29) is 12.0 Å². The molecule has 0 aliphatic heterocycles. The average molecular weight is 376 g/mol. The highest BCUT2D eigenvalue weighted by Crippen LogP contribution is 2.25. The molecule has 0 amide bonds. The van der Waals surface area contributed by atoms with E-state index in [9.17, 15) is 4.79 Å². The summed E-state index contributed by atoms with van der Waals surface area (Å²) in [5.74, 6) is -0.231. The molecule has 4 rings (SSSR count). The van der Waals surface area contributed by atoms with Crippen LogP contribution >= 0.6 is 0 Å². The number of aliphatic carboxylic acids is 1. The number of anilines is 1. The number of carbonyl (C=O) groups is 1. The Morgan fingerprint density at radius 1 is 1.25 bits per heavy atom. The number of para-hydroxylation sites is 2. The molecule has 0 bridgehead atoms. The fourth-order valence-electron chi connectivity index (χ4n) is 3.27. The van der Waals surface area contributed by atoms with Crippen LogP contribution < -0.4 is 10.5 Å². The topological polar surface area (TPSA) is 106 Å². The molecule has 0 aliphatic rings. The summed E-state index contributed by atoms with van der Waals surface area (Å²) in [6.45, 7) is 3.08. The van der Waals surface area contributed by atoms with Gasteiger partial charge in [0.2, 0.25) is 5.55 Å². The number of carboxylic acids is 1. The summed E-state index contributed by atoms with van der Waals surface area (Å²) in [5, 5.41) is 18.1. The first-order valence-electron chi connectivity index (χ1n) is 9.09. The second-order valence-corrected chi connectivity index (χ2v) is 6.54. The summed E-state index contributed by atoms with van der Waals surface area (Å²) in [6, 6.07) is 15.3. The first kappa shape index (κ1) is 17.8. The quantitative estimate of drug-likeness (QED) is 0.475. The molecule has 7 nitrogen and oxygen atoms in total. The average Bonchev–Trinajstić information content (AvgIpc) is 3.11. The predicted molar refractivity (Wildman–Crippen MR) is 107 cm³/mol. The molecule has 2 aromatic carbocycles. The third kappa shape index (κ3) is 3.34. The number of hydrogen-bond donors (Lipinski definition) is 3. The van der Waals surface area contributed by atoms with Gasteiger partial charge in [0.25, 0.3) is 0 Å². The van der Waals surface area contributed by atoms with Gasteiger partial charge in [-0.05, 0) is 37.3 Å². The summed E-state index contributed by atoms with van der Waals surface area (Å²) < 4.78 is 5.77. The number of aromatic nitrogens is 2. The molecule has 0 fully saturated rings. The molecule has 2 heterocycles. The number of benzene rings is 2. The maximum Gasteiger partial charge on any atom is 0.305 e. The molecule has 0 aliphatic carbocycles. The summed E-state index contributed by atoms with van der Waals surface area (Å²) in [5.41, 5.74) is 3.81. The molecule has 4 aromatic rings. The fraction of sp³-hybridized carbons (Fsp3) is 0.190. The number of aromatic amines is 1. The third-order valence-electron chi connectivity index (χ3n) is 4.74. The number of hydrogen-bond acceptors (Lipinski definition) is 5. The normalized spacial score (nSPS) is 11.2. The van der Waals surface area contributed by atoms with Crippen LogP contribution in [-0.2, 0) is 4.79 Å². The van der Waals surface area contributed by atoms with Gasteiger partial charge in [-0.2, -0.15) is 0 Å². The molecule has 28 heavy (non-hydrogen) atoms. The molecular weight excluding hydrogens is 356 g/mol. The molecule has 0 saturated heterocycles. The Hall–Kier alpha value is -3.61. The molecule has 142 valence electrons. The number of H-pyrrole nitrogens is 1. The van der Waals surface area contributed by atoms with Crippen LogP contribution in [0.5, 0.6) is 0 Å². The van der Waals surface area contributed by atoms with E-state index in [1.54, 1.807) is 0 Å². The highest BCUT2D eigenvalue weighted by molar-refractivity contribution is 5.85. The van der Waals surface area contributed by atoms with Gasteiger partial charge in [-0.25, -0.2) is 4.98 Å². The van der Waals surface area contributed by atoms with Crippen LogP contribution in [0.15, 0.2) is 52.9 Å². The molecule has 2 aromatic heterocycles. The van der Waals surface area contributed by atoms with Crippen molar-refractivity contribution in [2.75, 3.05) is 18.0 Å². The summed E-state index contributed by atoms with van der Waals surface area (Å²) in [4.78, 5) is 20.6. The summed E-state index contributed by atoms with van der Waals surface area (Å²) >= 11 is 0. The van der Waals surface area contributed by atoms with Gasteiger partial charge in [0.05, 0.1) is 23.0 Å². The number of rotatable bonds is 6. The van der Waals surface area contributed by atoms with E-state index in [2.05, 4.69) is 9.97 Å². The molecule has 0 unspecified atom stereocenters. The molecule has 0 spiro atoms. The van der Waals surface area contributed by atoms with Crippen molar-refractivity contribution in [3.8, 4) is 11.4 Å². The van der Waals surface area contributed by atoms with Gasteiger partial charge < -0.3 is 19.4 Å².